The van der Waals surface area contributed by atoms with Crippen LogP contribution in [0.25, 0.3) is 0 Å². The van der Waals surface area contributed by atoms with Gasteiger partial charge in [0.05, 0.1) is 5.97 Å². The van der Waals surface area contributed by atoms with Gasteiger partial charge in [0.15, 0.2) is 0 Å². The maximum absolute atomic E-state index is 10.1. The molecule has 0 radical (unpaired) electrons. The molecule has 10 heteroatoms. The molecule has 0 unspecified atom stereocenters. The van der Waals surface area contributed by atoms with Crippen molar-refractivity contribution in [3.05, 3.63) is 0 Å². The van der Waals surface area contributed by atoms with Gasteiger partial charge < -0.3 is 34.8 Å². The Bertz CT molecular complexity index is 241. The summed E-state index contributed by atoms with van der Waals surface area (Å²) in [6.07, 6.45) is -2.72. The number of carboxylic acid groups (broad SMARTS) is 3. The smallest absolute Gasteiger partial charge is 0.550 e. The van der Waals surface area contributed by atoms with Crippen LogP contribution < -0.4 is 104 Å². The predicted molar refractivity (Wildman–Crippen MR) is 29.2 cm³/mol. The Hall–Kier alpha value is 1.20. The molecule has 0 aliphatic carbocycles. The standard InChI is InChI=1S/C6H8O7.K.2Li/c7-3(8)1-6(13,5(11)12)2-4(9)10;;;/h13H,1-2H2,(H,7,8)(H,9,10)(H,11,12);;;/q;3*+1/p-3. The zero-order chi connectivity index (χ0) is 10.6. The quantitative estimate of drug-likeness (QED) is 0.471. The summed E-state index contributed by atoms with van der Waals surface area (Å²) in [5.41, 5.74) is -2.97. The SMILES string of the molecule is O=C([O-])CC(O)(CC(=O)[O-])C(=O)[O-].[K+].[Li+].[Li+]. The summed E-state index contributed by atoms with van der Waals surface area (Å²) in [5.74, 6) is -5.98. The van der Waals surface area contributed by atoms with Crippen molar-refractivity contribution in [1.82, 2.24) is 0 Å². The second-order valence-corrected chi connectivity index (χ2v) is 2.42. The molecule has 0 spiro atoms. The first-order valence-electron chi connectivity index (χ1n) is 3.11. The summed E-state index contributed by atoms with van der Waals surface area (Å²) >= 11 is 0. The average molecular weight is 242 g/mol. The zero-order valence-corrected chi connectivity index (χ0v) is 12.4. The summed E-state index contributed by atoms with van der Waals surface area (Å²) in [5, 5.41) is 38.9. The Morgan fingerprint density at radius 2 is 1.19 bits per heavy atom. The molecule has 0 amide bonds. The number of aliphatic hydroxyl groups is 1. The minimum Gasteiger partial charge on any atom is -0.550 e. The number of aliphatic carboxylic acids is 3. The van der Waals surface area contributed by atoms with Gasteiger partial charge in [0, 0.05) is 24.8 Å². The molecule has 0 bridgehead atoms. The number of hydrogen-bond acceptors (Lipinski definition) is 7. The van der Waals surface area contributed by atoms with E-state index in [1.807, 2.05) is 0 Å². The fraction of sp³-hybridized carbons (Fsp3) is 0.500. The van der Waals surface area contributed by atoms with Crippen LogP contribution in [0.2, 0.25) is 0 Å². The summed E-state index contributed by atoms with van der Waals surface area (Å²) in [4.78, 5) is 30.0. The normalized spacial score (nSPS) is 8.81. The Morgan fingerprint density at radius 1 is 0.938 bits per heavy atom. The van der Waals surface area contributed by atoms with Crippen LogP contribution in [0.3, 0.4) is 0 Å². The molecule has 0 rings (SSSR count). The van der Waals surface area contributed by atoms with Gasteiger partial charge in [-0.25, -0.2) is 0 Å². The van der Waals surface area contributed by atoms with Gasteiger partial charge in [0.1, 0.15) is 5.60 Å². The predicted octanol–water partition coefficient (Wildman–Crippen LogP) is -14.2. The molecule has 0 atom stereocenters. The van der Waals surface area contributed by atoms with E-state index in [1.54, 1.807) is 0 Å². The van der Waals surface area contributed by atoms with E-state index in [0.29, 0.717) is 0 Å². The van der Waals surface area contributed by atoms with Crippen LogP contribution in [0.4, 0.5) is 0 Å². The molecule has 0 aromatic carbocycles. The molecule has 0 heterocycles. The van der Waals surface area contributed by atoms with Gasteiger partial charge in [0.25, 0.3) is 0 Å². The molecule has 74 valence electrons. The molecule has 16 heavy (non-hydrogen) atoms. The summed E-state index contributed by atoms with van der Waals surface area (Å²) in [6.45, 7) is 0. The fourth-order valence-corrected chi connectivity index (χ4v) is 0.684. The van der Waals surface area contributed by atoms with Gasteiger partial charge in [0.2, 0.25) is 0 Å². The third-order valence-corrected chi connectivity index (χ3v) is 1.25. The first kappa shape index (κ1) is 25.9. The first-order valence-corrected chi connectivity index (χ1v) is 3.11. The number of carbonyl (C=O) groups excluding carboxylic acids is 3. The van der Waals surface area contributed by atoms with E-state index in [2.05, 4.69) is 0 Å². The van der Waals surface area contributed by atoms with Gasteiger partial charge in [-0.15, -0.1) is 0 Å². The zero-order valence-electron chi connectivity index (χ0n) is 9.31. The number of carboxylic acids is 3. The van der Waals surface area contributed by atoms with Crippen LogP contribution in [0.1, 0.15) is 12.8 Å². The van der Waals surface area contributed by atoms with Crippen molar-refractivity contribution in [2.45, 2.75) is 18.4 Å². The Kier molecular flexibility index (Phi) is 18.3. The van der Waals surface area contributed by atoms with E-state index in [1.165, 1.54) is 0 Å². The van der Waals surface area contributed by atoms with Gasteiger partial charge >= 0.3 is 89.1 Å². The van der Waals surface area contributed by atoms with Crippen LogP contribution in [-0.2, 0) is 14.4 Å². The van der Waals surface area contributed by atoms with Crippen molar-refractivity contribution >= 4 is 17.9 Å². The van der Waals surface area contributed by atoms with E-state index in [9.17, 15) is 29.7 Å². The molecule has 0 fully saturated rings. The summed E-state index contributed by atoms with van der Waals surface area (Å²) in [6, 6.07) is 0. The van der Waals surface area contributed by atoms with Crippen molar-refractivity contribution in [2.24, 2.45) is 0 Å². The molecule has 1 N–H and O–H groups in total. The van der Waals surface area contributed by atoms with E-state index in [4.69, 9.17) is 5.11 Å². The number of hydrogen-bond donors (Lipinski definition) is 1. The second-order valence-electron chi connectivity index (χ2n) is 2.42. The molecular weight excluding hydrogens is 237 g/mol. The fourth-order valence-electron chi connectivity index (χ4n) is 0.684. The Morgan fingerprint density at radius 3 is 1.31 bits per heavy atom. The van der Waals surface area contributed by atoms with Crippen LogP contribution in [0.15, 0.2) is 0 Å². The number of rotatable bonds is 5. The minimum absolute atomic E-state index is 0. The van der Waals surface area contributed by atoms with Crippen molar-refractivity contribution in [1.29, 1.82) is 0 Å². The van der Waals surface area contributed by atoms with Gasteiger partial charge in [-0.2, -0.15) is 0 Å². The summed E-state index contributed by atoms with van der Waals surface area (Å²) < 4.78 is 0. The number of carbonyl (C=O) groups is 3. The van der Waals surface area contributed by atoms with Crippen LogP contribution in [-0.4, -0.2) is 28.6 Å². The molecule has 0 aliphatic heterocycles. The van der Waals surface area contributed by atoms with Crippen molar-refractivity contribution in [3.63, 3.8) is 0 Å². The maximum atomic E-state index is 10.1. The van der Waals surface area contributed by atoms with E-state index in [-0.39, 0.29) is 89.1 Å². The van der Waals surface area contributed by atoms with Crippen LogP contribution >= 0.6 is 0 Å². The Balaban J connectivity index is -0.000000240. The third kappa shape index (κ3) is 10.4. The van der Waals surface area contributed by atoms with Crippen molar-refractivity contribution in [2.75, 3.05) is 0 Å². The van der Waals surface area contributed by atoms with Crippen LogP contribution in [0.5, 0.6) is 0 Å². The molecule has 0 aliphatic rings. The van der Waals surface area contributed by atoms with Crippen molar-refractivity contribution in [3.8, 4) is 0 Å². The molecular formula is C6H5KLi2O7. The third-order valence-electron chi connectivity index (χ3n) is 1.25. The average Bonchev–Trinajstić information content (AvgIpc) is 1.82. The van der Waals surface area contributed by atoms with Crippen molar-refractivity contribution < 1.29 is 124 Å². The van der Waals surface area contributed by atoms with Gasteiger partial charge in [-0.1, -0.05) is 0 Å². The monoisotopic (exact) mass is 242 g/mol. The minimum atomic E-state index is -2.97. The Labute approximate surface area is 158 Å². The molecule has 7 nitrogen and oxygen atoms in total. The maximum Gasteiger partial charge on any atom is 1.00 e. The van der Waals surface area contributed by atoms with E-state index in [0.717, 1.165) is 0 Å². The second kappa shape index (κ2) is 11.3. The molecule has 0 saturated heterocycles. The van der Waals surface area contributed by atoms with E-state index >= 15 is 0 Å². The largest absolute Gasteiger partial charge is 1.00 e. The van der Waals surface area contributed by atoms with E-state index < -0.39 is 36.4 Å². The van der Waals surface area contributed by atoms with Crippen LogP contribution in [0, 0.1) is 0 Å². The molecule has 0 aromatic heterocycles. The summed E-state index contributed by atoms with van der Waals surface area (Å²) in [7, 11) is 0. The van der Waals surface area contributed by atoms with Gasteiger partial charge in [-0.3, -0.25) is 0 Å². The first-order chi connectivity index (χ1) is 5.78. The topological polar surface area (TPSA) is 141 Å². The van der Waals surface area contributed by atoms with Gasteiger partial charge in [-0.05, 0) is 0 Å². The molecule has 0 saturated carbocycles. The molecule has 0 aromatic rings.